The van der Waals surface area contributed by atoms with Crippen molar-refractivity contribution in [3.05, 3.63) is 29.8 Å². The van der Waals surface area contributed by atoms with Gasteiger partial charge in [0.1, 0.15) is 0 Å². The first-order valence-corrected chi connectivity index (χ1v) is 17.5. The molecule has 2 fully saturated rings. The van der Waals surface area contributed by atoms with Crippen LogP contribution in [-0.2, 0) is 18.9 Å². The van der Waals surface area contributed by atoms with Gasteiger partial charge in [-0.1, -0.05) is 58.7 Å². The fourth-order valence-corrected chi connectivity index (χ4v) is 8.79. The molecule has 1 aromatic rings. The molecule has 1 saturated heterocycles. The molecule has 1 aliphatic heterocycles. The minimum atomic E-state index is -2.80. The van der Waals surface area contributed by atoms with E-state index in [9.17, 15) is 9.32 Å². The van der Waals surface area contributed by atoms with Crippen LogP contribution >= 0.6 is 0 Å². The lowest BCUT2D eigenvalue weighted by Crippen LogP contribution is -2.44. The first kappa shape index (κ1) is 27.8. The number of nitrogens with zero attached hydrogens (tertiary/aromatic N) is 1. The molecule has 3 rings (SSSR count). The number of ether oxygens (including phenoxy) is 1. The quantitative estimate of drug-likeness (QED) is 0.425. The average Bonchev–Trinajstić information content (AvgIpc) is 3.21. The van der Waals surface area contributed by atoms with Gasteiger partial charge >= 0.3 is 0 Å². The summed E-state index contributed by atoms with van der Waals surface area (Å²) in [5.41, 5.74) is 0.553. The fraction of sp³-hybridized carbons (Fsp3) is 0.778. The summed E-state index contributed by atoms with van der Waals surface area (Å²) in [6.45, 7) is 19.9. The van der Waals surface area contributed by atoms with Crippen LogP contribution in [0.4, 0.5) is 0 Å². The van der Waals surface area contributed by atoms with Crippen LogP contribution in [0, 0.1) is 18.8 Å². The molecule has 2 aliphatic rings. The highest BCUT2D eigenvalue weighted by molar-refractivity contribution is 7.93. The monoisotopic (exact) mass is 509 g/mol. The van der Waals surface area contributed by atoms with Gasteiger partial charge in [-0.2, -0.15) is 0 Å². The van der Waals surface area contributed by atoms with E-state index in [2.05, 4.69) is 47.7 Å². The third-order valence-corrected chi connectivity index (χ3v) is 15.4. The van der Waals surface area contributed by atoms with Crippen molar-refractivity contribution in [1.82, 2.24) is 0 Å². The number of aliphatic hydroxyl groups is 1. The predicted molar refractivity (Wildman–Crippen MR) is 143 cm³/mol. The van der Waals surface area contributed by atoms with E-state index >= 15 is 0 Å². The second-order valence-electron chi connectivity index (χ2n) is 12.5. The van der Waals surface area contributed by atoms with E-state index in [0.717, 1.165) is 29.7 Å². The Hall–Kier alpha value is -0.733. The number of rotatable bonds is 8. The number of hydrogen-bond acceptors (Lipinski definition) is 5. The summed E-state index contributed by atoms with van der Waals surface area (Å²) in [4.78, 5) is 0.758. The van der Waals surface area contributed by atoms with Crippen molar-refractivity contribution in [2.45, 2.75) is 115 Å². The third-order valence-electron chi connectivity index (χ3n) is 8.43. The maximum Gasteiger partial charge on any atom is 0.192 e. The summed E-state index contributed by atoms with van der Waals surface area (Å²) in [6.07, 6.45) is 1.98. The molecule has 0 aromatic heterocycles. The van der Waals surface area contributed by atoms with E-state index in [-0.39, 0.29) is 29.0 Å². The van der Waals surface area contributed by atoms with Crippen molar-refractivity contribution in [1.29, 1.82) is 0 Å². The Morgan fingerprint density at radius 2 is 1.88 bits per heavy atom. The highest BCUT2D eigenvalue weighted by Gasteiger charge is 2.57. The van der Waals surface area contributed by atoms with E-state index < -0.39 is 29.8 Å². The minimum absolute atomic E-state index is 0.0185. The molecule has 6 atom stereocenters. The smallest absolute Gasteiger partial charge is 0.192 e. The van der Waals surface area contributed by atoms with Gasteiger partial charge in [-0.3, -0.25) is 0 Å². The van der Waals surface area contributed by atoms with Gasteiger partial charge in [0.2, 0.25) is 0 Å². The number of fused-ring (bicyclic) bond motifs is 1. The molecule has 0 amide bonds. The van der Waals surface area contributed by atoms with Gasteiger partial charge in [-0.25, -0.2) is 8.57 Å². The first-order chi connectivity index (χ1) is 15.6. The molecule has 0 radical (unpaired) electrons. The first-order valence-electron chi connectivity index (χ1n) is 12.9. The molecule has 1 aliphatic carbocycles. The van der Waals surface area contributed by atoms with Crippen molar-refractivity contribution in [2.75, 3.05) is 12.4 Å². The van der Waals surface area contributed by atoms with E-state index in [0.29, 0.717) is 12.4 Å². The summed E-state index contributed by atoms with van der Waals surface area (Å²) in [5.74, 6) is 0.546. The summed E-state index contributed by atoms with van der Waals surface area (Å²) in [6, 6.07) is 7.77. The van der Waals surface area contributed by atoms with Crippen LogP contribution in [0.1, 0.15) is 66.4 Å². The van der Waals surface area contributed by atoms with Crippen molar-refractivity contribution in [2.24, 2.45) is 16.2 Å². The Kier molecular flexibility index (Phi) is 8.16. The molecule has 0 unspecified atom stereocenters. The molecule has 7 heteroatoms. The van der Waals surface area contributed by atoms with Crippen LogP contribution in [0.5, 0.6) is 0 Å². The molecule has 5 nitrogen and oxygen atoms in total. The molecule has 1 aromatic carbocycles. The Labute approximate surface area is 209 Å². The fourth-order valence-electron chi connectivity index (χ4n) is 5.02. The summed E-state index contributed by atoms with van der Waals surface area (Å²) >= 11 is 0. The number of aryl methyl sites for hydroxylation is 1. The molecule has 1 saturated carbocycles. The lowest BCUT2D eigenvalue weighted by Gasteiger charge is -2.37. The van der Waals surface area contributed by atoms with Gasteiger partial charge in [0.15, 0.2) is 8.32 Å². The molecular formula is C27H47NO4SSi. The standard InChI is InChI=1S/C27H47NO4SSi/c1-19(2)24(17-31-34(8,9)26(5,6)7)28-33(30,22-14-12-20(3)13-15-22)18-27-16-10-11-23(27)25(29)21(4)32-27/h12-15,19,21,23-25,29H,10-11,16-18H2,1-9H3/t21-,23+,24-,25+,27-,33+/m0/s1. The van der Waals surface area contributed by atoms with Crippen molar-refractivity contribution in [3.8, 4) is 0 Å². The lowest BCUT2D eigenvalue weighted by atomic mass is 9.90. The molecule has 0 bridgehead atoms. The Bertz CT molecular complexity index is 962. The summed E-state index contributed by atoms with van der Waals surface area (Å²) in [5, 5.41) is 10.9. The van der Waals surface area contributed by atoms with E-state index in [1.54, 1.807) is 0 Å². The van der Waals surface area contributed by atoms with Crippen LogP contribution in [-0.4, -0.2) is 53.8 Å². The zero-order valence-corrected chi connectivity index (χ0v) is 24.6. The van der Waals surface area contributed by atoms with Crippen LogP contribution in [0.25, 0.3) is 0 Å². The maximum atomic E-state index is 14.9. The molecule has 34 heavy (non-hydrogen) atoms. The SMILES string of the molecule is Cc1ccc([S@](=O)(C[C@@]23CCC[C@@H]2[C@H](O)[C@H](C)O3)=N[C@@H](CO[Si](C)(C)C(C)(C)C)C(C)C)cc1. The Morgan fingerprint density at radius 3 is 2.44 bits per heavy atom. The average molecular weight is 510 g/mol. The number of hydrogen-bond donors (Lipinski definition) is 1. The van der Waals surface area contributed by atoms with Gasteiger partial charge in [0, 0.05) is 10.8 Å². The molecule has 1 N–H and O–H groups in total. The molecule has 194 valence electrons. The van der Waals surface area contributed by atoms with E-state index in [1.807, 2.05) is 38.1 Å². The number of benzene rings is 1. The zero-order chi connectivity index (χ0) is 25.5. The van der Waals surface area contributed by atoms with Gasteiger partial charge in [0.05, 0.1) is 45.9 Å². The maximum absolute atomic E-state index is 14.9. The predicted octanol–water partition coefficient (Wildman–Crippen LogP) is 6.19. The van der Waals surface area contributed by atoms with Gasteiger partial charge in [0.25, 0.3) is 0 Å². The minimum Gasteiger partial charge on any atom is -0.415 e. The number of aliphatic hydroxyl groups excluding tert-OH is 1. The third kappa shape index (κ3) is 5.64. The largest absolute Gasteiger partial charge is 0.415 e. The topological polar surface area (TPSA) is 68.1 Å². The molecule has 0 spiro atoms. The summed E-state index contributed by atoms with van der Waals surface area (Å²) < 4.78 is 33.0. The van der Waals surface area contributed by atoms with Gasteiger partial charge < -0.3 is 14.3 Å². The Balaban J connectivity index is 2.02. The van der Waals surface area contributed by atoms with Crippen LogP contribution in [0.2, 0.25) is 18.1 Å². The van der Waals surface area contributed by atoms with E-state index in [1.165, 1.54) is 0 Å². The van der Waals surface area contributed by atoms with Gasteiger partial charge in [-0.15, -0.1) is 0 Å². The summed E-state index contributed by atoms with van der Waals surface area (Å²) in [7, 11) is -4.76. The normalized spacial score (nSPS) is 30.3. The van der Waals surface area contributed by atoms with Crippen LogP contribution in [0.15, 0.2) is 33.5 Å². The van der Waals surface area contributed by atoms with Crippen LogP contribution in [0.3, 0.4) is 0 Å². The molecular weight excluding hydrogens is 462 g/mol. The van der Waals surface area contributed by atoms with Crippen molar-refractivity contribution < 1.29 is 18.5 Å². The van der Waals surface area contributed by atoms with Crippen molar-refractivity contribution in [3.63, 3.8) is 0 Å². The van der Waals surface area contributed by atoms with Gasteiger partial charge in [-0.05, 0) is 62.9 Å². The van der Waals surface area contributed by atoms with Crippen molar-refractivity contribution >= 4 is 18.0 Å². The zero-order valence-electron chi connectivity index (χ0n) is 22.8. The molecule has 1 heterocycles. The lowest BCUT2D eigenvalue weighted by molar-refractivity contribution is -0.0335. The highest BCUT2D eigenvalue weighted by Crippen LogP contribution is 2.49. The second-order valence-corrected chi connectivity index (χ2v) is 19.5. The van der Waals surface area contributed by atoms with E-state index in [4.69, 9.17) is 13.5 Å². The second kappa shape index (κ2) is 9.96. The van der Waals surface area contributed by atoms with Crippen LogP contribution < -0.4 is 0 Å². The Morgan fingerprint density at radius 1 is 1.26 bits per heavy atom. The highest BCUT2D eigenvalue weighted by atomic mass is 32.2.